The SMILES string of the molecule is CCCC(S)C(S)COC(=O)CC(O)(CC(=O)OCC(S)C(S)CCC)C(=O)O. The minimum atomic E-state index is -2.63. The van der Waals surface area contributed by atoms with Gasteiger partial charge in [-0.3, -0.25) is 9.59 Å². The maximum atomic E-state index is 12.0. The normalized spacial score (nSPS) is 17.5. The van der Waals surface area contributed by atoms with Crippen LogP contribution < -0.4 is 0 Å². The number of aliphatic carboxylic acids is 1. The zero-order chi connectivity index (χ0) is 22.6. The molecule has 0 aliphatic heterocycles. The Balaban J connectivity index is 4.66. The monoisotopic (exact) mass is 488 g/mol. The molecule has 0 bridgehead atoms. The highest BCUT2D eigenvalue weighted by atomic mass is 32.1. The van der Waals surface area contributed by atoms with Crippen LogP contribution >= 0.6 is 50.5 Å². The van der Waals surface area contributed by atoms with E-state index in [1.807, 2.05) is 13.8 Å². The van der Waals surface area contributed by atoms with Crippen LogP contribution in [0.25, 0.3) is 0 Å². The van der Waals surface area contributed by atoms with Gasteiger partial charge in [-0.15, -0.1) is 0 Å². The van der Waals surface area contributed by atoms with Crippen molar-refractivity contribution in [3.8, 4) is 0 Å². The number of aliphatic hydroxyl groups is 1. The summed E-state index contributed by atoms with van der Waals surface area (Å²) in [4.78, 5) is 35.4. The van der Waals surface area contributed by atoms with Gasteiger partial charge in [-0.1, -0.05) is 26.7 Å². The third-order valence-electron chi connectivity index (χ3n) is 4.16. The summed E-state index contributed by atoms with van der Waals surface area (Å²) in [6.07, 6.45) is 1.55. The van der Waals surface area contributed by atoms with Crippen molar-refractivity contribution >= 4 is 68.4 Å². The summed E-state index contributed by atoms with van der Waals surface area (Å²) < 4.78 is 9.99. The highest BCUT2D eigenvalue weighted by Crippen LogP contribution is 2.21. The molecule has 0 fully saturated rings. The van der Waals surface area contributed by atoms with Gasteiger partial charge < -0.3 is 19.7 Å². The van der Waals surface area contributed by atoms with Crippen LogP contribution in [-0.4, -0.2) is 67.9 Å². The van der Waals surface area contributed by atoms with E-state index < -0.39 is 36.4 Å². The van der Waals surface area contributed by atoms with Crippen molar-refractivity contribution in [1.29, 1.82) is 0 Å². The Morgan fingerprint density at radius 3 is 1.41 bits per heavy atom. The quantitative estimate of drug-likeness (QED) is 0.155. The first kappa shape index (κ1) is 28.8. The van der Waals surface area contributed by atoms with Crippen molar-refractivity contribution in [3.05, 3.63) is 0 Å². The molecule has 0 saturated heterocycles. The van der Waals surface area contributed by atoms with Gasteiger partial charge in [0.25, 0.3) is 0 Å². The van der Waals surface area contributed by atoms with Crippen LogP contribution in [-0.2, 0) is 23.9 Å². The van der Waals surface area contributed by atoms with Gasteiger partial charge in [0, 0.05) is 21.0 Å². The van der Waals surface area contributed by atoms with Crippen molar-refractivity contribution < 1.29 is 34.1 Å². The molecule has 4 unspecified atom stereocenters. The Hall–Kier alpha value is -0.230. The second-order valence-electron chi connectivity index (χ2n) is 6.90. The molecule has 170 valence electrons. The zero-order valence-electron chi connectivity index (χ0n) is 16.7. The molecule has 0 amide bonds. The number of esters is 2. The van der Waals surface area contributed by atoms with E-state index in [9.17, 15) is 24.6 Å². The molecule has 29 heavy (non-hydrogen) atoms. The van der Waals surface area contributed by atoms with Crippen molar-refractivity contribution in [3.63, 3.8) is 0 Å². The molecular weight excluding hydrogens is 456 g/mol. The van der Waals surface area contributed by atoms with Gasteiger partial charge in [0.05, 0.1) is 12.8 Å². The van der Waals surface area contributed by atoms with Crippen molar-refractivity contribution in [1.82, 2.24) is 0 Å². The van der Waals surface area contributed by atoms with E-state index in [1.165, 1.54) is 0 Å². The van der Waals surface area contributed by atoms with Gasteiger partial charge in [-0.25, -0.2) is 4.79 Å². The molecule has 11 heteroatoms. The second kappa shape index (κ2) is 14.7. The Labute approximate surface area is 194 Å². The van der Waals surface area contributed by atoms with E-state index in [4.69, 9.17) is 9.47 Å². The number of carbonyl (C=O) groups excluding carboxylic acids is 2. The fraction of sp³-hybridized carbons (Fsp3) is 0.833. The van der Waals surface area contributed by atoms with Crippen molar-refractivity contribution in [2.24, 2.45) is 0 Å². The first-order valence-corrected chi connectivity index (χ1v) is 11.5. The molecule has 4 atom stereocenters. The van der Waals surface area contributed by atoms with Crippen LogP contribution in [0.5, 0.6) is 0 Å². The number of hydrogen-bond donors (Lipinski definition) is 6. The van der Waals surface area contributed by atoms with E-state index in [0.29, 0.717) is 0 Å². The standard InChI is InChI=1S/C18H32O7S4/c1-3-5-11(26)13(28)9-24-15(19)7-18(23,17(21)22)8-16(20)25-10-14(29)12(27)6-4-2/h11-14,23,26-29H,3-10H2,1-2H3,(H,21,22). The molecule has 0 aliphatic rings. The van der Waals surface area contributed by atoms with Crippen LogP contribution in [0, 0.1) is 0 Å². The molecule has 2 N–H and O–H groups in total. The Bertz CT molecular complexity index is 496. The summed E-state index contributed by atoms with van der Waals surface area (Å²) in [6, 6.07) is 0. The number of thiol groups is 4. The van der Waals surface area contributed by atoms with Gasteiger partial charge in [0.2, 0.25) is 0 Å². The molecular formula is C18H32O7S4. The Morgan fingerprint density at radius 1 is 0.793 bits per heavy atom. The van der Waals surface area contributed by atoms with Gasteiger partial charge in [0.15, 0.2) is 5.60 Å². The lowest BCUT2D eigenvalue weighted by atomic mass is 9.96. The Kier molecular flexibility index (Phi) is 14.6. The maximum absolute atomic E-state index is 12.0. The predicted molar refractivity (Wildman–Crippen MR) is 125 cm³/mol. The molecule has 0 aliphatic carbocycles. The van der Waals surface area contributed by atoms with Crippen LogP contribution in [0.1, 0.15) is 52.4 Å². The van der Waals surface area contributed by atoms with E-state index in [-0.39, 0.29) is 34.2 Å². The molecule has 0 heterocycles. The zero-order valence-corrected chi connectivity index (χ0v) is 20.3. The number of hydrogen-bond acceptors (Lipinski definition) is 10. The summed E-state index contributed by atoms with van der Waals surface area (Å²) in [5.41, 5.74) is -2.63. The third-order valence-corrected chi connectivity index (χ3v) is 6.88. The predicted octanol–water partition coefficient (Wildman–Crippen LogP) is 2.46. The van der Waals surface area contributed by atoms with E-state index in [0.717, 1.165) is 25.7 Å². The Morgan fingerprint density at radius 2 is 1.14 bits per heavy atom. The fourth-order valence-corrected chi connectivity index (χ4v) is 3.48. The minimum absolute atomic E-state index is 0.0850. The smallest absolute Gasteiger partial charge is 0.336 e. The van der Waals surface area contributed by atoms with Crippen LogP contribution in [0.4, 0.5) is 0 Å². The number of carboxylic acid groups (broad SMARTS) is 1. The van der Waals surface area contributed by atoms with Gasteiger partial charge >= 0.3 is 17.9 Å². The van der Waals surface area contributed by atoms with E-state index in [2.05, 4.69) is 50.5 Å². The van der Waals surface area contributed by atoms with Crippen molar-refractivity contribution in [2.75, 3.05) is 13.2 Å². The number of rotatable bonds is 15. The lowest BCUT2D eigenvalue weighted by molar-refractivity contribution is -0.173. The average molecular weight is 489 g/mol. The molecule has 0 spiro atoms. The summed E-state index contributed by atoms with van der Waals surface area (Å²) >= 11 is 17.3. The summed E-state index contributed by atoms with van der Waals surface area (Å²) in [6.45, 7) is 3.80. The van der Waals surface area contributed by atoms with Crippen LogP contribution in [0.15, 0.2) is 0 Å². The summed E-state index contributed by atoms with van der Waals surface area (Å²) in [5, 5.41) is 18.7. The molecule has 0 radical (unpaired) electrons. The van der Waals surface area contributed by atoms with Gasteiger partial charge in [-0.2, -0.15) is 50.5 Å². The molecule has 7 nitrogen and oxygen atoms in total. The second-order valence-corrected chi connectivity index (χ2v) is 9.56. The lowest BCUT2D eigenvalue weighted by Gasteiger charge is -2.23. The van der Waals surface area contributed by atoms with E-state index in [1.54, 1.807) is 0 Å². The molecule has 0 rings (SSSR count). The largest absolute Gasteiger partial charge is 0.479 e. The van der Waals surface area contributed by atoms with Crippen LogP contribution in [0.2, 0.25) is 0 Å². The maximum Gasteiger partial charge on any atom is 0.336 e. The summed E-state index contributed by atoms with van der Waals surface area (Å²) in [5.74, 6) is -3.62. The molecule has 0 saturated carbocycles. The topological polar surface area (TPSA) is 110 Å². The molecule has 0 aromatic rings. The summed E-state index contributed by atoms with van der Waals surface area (Å²) in [7, 11) is 0. The first-order chi connectivity index (χ1) is 13.5. The minimum Gasteiger partial charge on any atom is -0.479 e. The molecule has 0 aromatic carbocycles. The van der Waals surface area contributed by atoms with Crippen LogP contribution in [0.3, 0.4) is 0 Å². The molecule has 0 aromatic heterocycles. The highest BCUT2D eigenvalue weighted by molar-refractivity contribution is 7.85. The lowest BCUT2D eigenvalue weighted by Crippen LogP contribution is -2.44. The van der Waals surface area contributed by atoms with Gasteiger partial charge in [0.1, 0.15) is 13.2 Å². The first-order valence-electron chi connectivity index (χ1n) is 9.46. The number of carboxylic acids is 1. The third kappa shape index (κ3) is 11.7. The number of carbonyl (C=O) groups is 3. The fourth-order valence-electron chi connectivity index (χ4n) is 2.35. The number of ether oxygens (including phenoxy) is 2. The van der Waals surface area contributed by atoms with E-state index >= 15 is 0 Å². The highest BCUT2D eigenvalue weighted by Gasteiger charge is 2.42. The van der Waals surface area contributed by atoms with Crippen molar-refractivity contribution in [2.45, 2.75) is 79.0 Å². The van der Waals surface area contributed by atoms with Gasteiger partial charge in [-0.05, 0) is 12.8 Å². The average Bonchev–Trinajstić information content (AvgIpc) is 2.64.